The largest absolute Gasteiger partial charge is 0.374 e. The Morgan fingerprint density at radius 2 is 2.14 bits per heavy atom. The lowest BCUT2D eigenvalue weighted by Gasteiger charge is -2.36. The summed E-state index contributed by atoms with van der Waals surface area (Å²) in [5, 5.41) is 0. The van der Waals surface area contributed by atoms with Gasteiger partial charge in [-0.25, -0.2) is 0 Å². The minimum Gasteiger partial charge on any atom is -0.374 e. The van der Waals surface area contributed by atoms with Crippen LogP contribution in [-0.4, -0.2) is 12.2 Å². The lowest BCUT2D eigenvalue weighted by Crippen LogP contribution is -2.36. The van der Waals surface area contributed by atoms with Crippen LogP contribution in [0.2, 0.25) is 0 Å². The van der Waals surface area contributed by atoms with E-state index in [1.807, 2.05) is 0 Å². The van der Waals surface area contributed by atoms with Crippen LogP contribution in [0.3, 0.4) is 0 Å². The molecule has 14 heavy (non-hydrogen) atoms. The third-order valence-corrected chi connectivity index (χ3v) is 4.34. The standard InChI is InChI=1S/C13H22O/c1-4-13(5-2)12-8-10(3)6-7-11(12)9-14-13/h6,11-12H,4-5,7-9H2,1-3H3. The Morgan fingerprint density at radius 1 is 1.43 bits per heavy atom. The fourth-order valence-electron chi connectivity index (χ4n) is 3.27. The molecule has 1 heteroatoms. The third-order valence-electron chi connectivity index (χ3n) is 4.34. The van der Waals surface area contributed by atoms with Crippen LogP contribution in [0.4, 0.5) is 0 Å². The van der Waals surface area contributed by atoms with Crippen molar-refractivity contribution < 1.29 is 4.74 Å². The minimum absolute atomic E-state index is 0.209. The first-order chi connectivity index (χ1) is 6.72. The lowest BCUT2D eigenvalue weighted by atomic mass is 9.71. The highest BCUT2D eigenvalue weighted by Gasteiger charge is 2.47. The molecule has 2 atom stereocenters. The summed E-state index contributed by atoms with van der Waals surface area (Å²) < 4.78 is 6.10. The molecule has 0 radical (unpaired) electrons. The molecule has 2 unspecified atom stereocenters. The molecule has 1 saturated heterocycles. The molecule has 1 nitrogen and oxygen atoms in total. The molecule has 1 heterocycles. The zero-order valence-corrected chi connectivity index (χ0v) is 9.68. The van der Waals surface area contributed by atoms with Crippen LogP contribution >= 0.6 is 0 Å². The Kier molecular flexibility index (Phi) is 2.70. The molecule has 0 aromatic heterocycles. The van der Waals surface area contributed by atoms with Crippen LogP contribution in [0.1, 0.15) is 46.5 Å². The topological polar surface area (TPSA) is 9.23 Å². The molecule has 0 spiro atoms. The summed E-state index contributed by atoms with van der Waals surface area (Å²) >= 11 is 0. The Balaban J connectivity index is 2.20. The van der Waals surface area contributed by atoms with E-state index in [9.17, 15) is 0 Å². The average molecular weight is 194 g/mol. The molecule has 1 aliphatic heterocycles. The van der Waals surface area contributed by atoms with Crippen LogP contribution in [0.5, 0.6) is 0 Å². The van der Waals surface area contributed by atoms with Crippen molar-refractivity contribution in [1.29, 1.82) is 0 Å². The third kappa shape index (κ3) is 1.42. The zero-order valence-electron chi connectivity index (χ0n) is 9.68. The SMILES string of the molecule is CCC1(CC)OCC2CC=C(C)CC21. The van der Waals surface area contributed by atoms with Gasteiger partial charge in [0.25, 0.3) is 0 Å². The quantitative estimate of drug-likeness (QED) is 0.611. The average Bonchev–Trinajstić information content (AvgIpc) is 2.57. The van der Waals surface area contributed by atoms with Crippen molar-refractivity contribution >= 4 is 0 Å². The molecule has 2 rings (SSSR count). The van der Waals surface area contributed by atoms with Gasteiger partial charge < -0.3 is 4.74 Å². The summed E-state index contributed by atoms with van der Waals surface area (Å²) in [5.74, 6) is 1.60. The van der Waals surface area contributed by atoms with E-state index in [0.29, 0.717) is 0 Å². The van der Waals surface area contributed by atoms with Crippen LogP contribution in [0, 0.1) is 11.8 Å². The monoisotopic (exact) mass is 194 g/mol. The van der Waals surface area contributed by atoms with Gasteiger partial charge in [-0.3, -0.25) is 0 Å². The zero-order chi connectivity index (χ0) is 10.2. The summed E-state index contributed by atoms with van der Waals surface area (Å²) in [6, 6.07) is 0. The van der Waals surface area contributed by atoms with E-state index in [4.69, 9.17) is 4.74 Å². The molecular formula is C13H22O. The van der Waals surface area contributed by atoms with Crippen molar-refractivity contribution in [3.05, 3.63) is 11.6 Å². The number of allylic oxidation sites excluding steroid dienone is 2. The molecule has 2 aliphatic rings. The second-order valence-corrected chi connectivity index (χ2v) is 4.94. The number of rotatable bonds is 2. The van der Waals surface area contributed by atoms with E-state index in [1.54, 1.807) is 5.57 Å². The Hall–Kier alpha value is -0.300. The fourth-order valence-corrected chi connectivity index (χ4v) is 3.27. The van der Waals surface area contributed by atoms with E-state index >= 15 is 0 Å². The molecule has 0 N–H and O–H groups in total. The van der Waals surface area contributed by atoms with Crippen molar-refractivity contribution in [2.75, 3.05) is 6.61 Å². The molecule has 0 bridgehead atoms. The highest BCUT2D eigenvalue weighted by atomic mass is 16.5. The van der Waals surface area contributed by atoms with Gasteiger partial charge in [0.15, 0.2) is 0 Å². The van der Waals surface area contributed by atoms with Gasteiger partial charge in [0.05, 0.1) is 12.2 Å². The van der Waals surface area contributed by atoms with Gasteiger partial charge >= 0.3 is 0 Å². The van der Waals surface area contributed by atoms with Crippen LogP contribution in [0.25, 0.3) is 0 Å². The summed E-state index contributed by atoms with van der Waals surface area (Å²) in [6.45, 7) is 7.82. The van der Waals surface area contributed by atoms with Crippen molar-refractivity contribution in [1.82, 2.24) is 0 Å². The second kappa shape index (κ2) is 3.69. The molecule has 0 aromatic rings. The Bertz CT molecular complexity index is 238. The summed E-state index contributed by atoms with van der Waals surface area (Å²) in [7, 11) is 0. The summed E-state index contributed by atoms with van der Waals surface area (Å²) in [4.78, 5) is 0. The maximum absolute atomic E-state index is 6.10. The molecule has 0 aromatic carbocycles. The van der Waals surface area contributed by atoms with E-state index in [0.717, 1.165) is 18.4 Å². The van der Waals surface area contributed by atoms with Gasteiger partial charge in [-0.1, -0.05) is 25.5 Å². The number of hydrogen-bond donors (Lipinski definition) is 0. The normalized spacial score (nSPS) is 35.2. The highest BCUT2D eigenvalue weighted by Crippen LogP contribution is 2.47. The summed E-state index contributed by atoms with van der Waals surface area (Å²) in [6.07, 6.45) is 7.28. The highest BCUT2D eigenvalue weighted by molar-refractivity contribution is 5.11. The molecule has 1 aliphatic carbocycles. The van der Waals surface area contributed by atoms with Crippen molar-refractivity contribution in [3.8, 4) is 0 Å². The van der Waals surface area contributed by atoms with Crippen LogP contribution in [-0.2, 0) is 4.74 Å². The smallest absolute Gasteiger partial charge is 0.0712 e. The first-order valence-electron chi connectivity index (χ1n) is 6.01. The molecule has 0 saturated carbocycles. The van der Waals surface area contributed by atoms with Crippen molar-refractivity contribution in [2.24, 2.45) is 11.8 Å². The van der Waals surface area contributed by atoms with Crippen molar-refractivity contribution in [3.63, 3.8) is 0 Å². The van der Waals surface area contributed by atoms with Gasteiger partial charge in [0.1, 0.15) is 0 Å². The van der Waals surface area contributed by atoms with Gasteiger partial charge in [0, 0.05) is 0 Å². The van der Waals surface area contributed by atoms with Crippen molar-refractivity contribution in [2.45, 2.75) is 52.1 Å². The molecule has 0 amide bonds. The predicted octanol–water partition coefficient (Wildman–Crippen LogP) is 3.55. The van der Waals surface area contributed by atoms with E-state index in [-0.39, 0.29) is 5.60 Å². The molecule has 1 fully saturated rings. The van der Waals surface area contributed by atoms with E-state index in [1.165, 1.54) is 25.7 Å². The molecular weight excluding hydrogens is 172 g/mol. The summed E-state index contributed by atoms with van der Waals surface area (Å²) in [5.41, 5.74) is 1.78. The van der Waals surface area contributed by atoms with E-state index < -0.39 is 0 Å². The second-order valence-electron chi connectivity index (χ2n) is 4.94. The number of hydrogen-bond acceptors (Lipinski definition) is 1. The van der Waals surface area contributed by atoms with Crippen LogP contribution < -0.4 is 0 Å². The minimum atomic E-state index is 0.209. The first kappa shape index (κ1) is 10.2. The van der Waals surface area contributed by atoms with Gasteiger partial charge in [-0.2, -0.15) is 0 Å². The van der Waals surface area contributed by atoms with Gasteiger partial charge in [0.2, 0.25) is 0 Å². The number of fused-ring (bicyclic) bond motifs is 1. The predicted molar refractivity (Wildman–Crippen MR) is 59.2 cm³/mol. The number of ether oxygens (including phenoxy) is 1. The van der Waals surface area contributed by atoms with Crippen LogP contribution in [0.15, 0.2) is 11.6 Å². The van der Waals surface area contributed by atoms with Gasteiger partial charge in [-0.15, -0.1) is 0 Å². The van der Waals surface area contributed by atoms with E-state index in [2.05, 4.69) is 26.8 Å². The lowest BCUT2D eigenvalue weighted by molar-refractivity contribution is -0.0280. The first-order valence-corrected chi connectivity index (χ1v) is 6.01. The maximum atomic E-state index is 6.10. The maximum Gasteiger partial charge on any atom is 0.0712 e. The fraction of sp³-hybridized carbons (Fsp3) is 0.846. The molecule has 80 valence electrons. The Labute approximate surface area is 87.5 Å². The van der Waals surface area contributed by atoms with Gasteiger partial charge in [-0.05, 0) is 44.4 Å². The Morgan fingerprint density at radius 3 is 2.79 bits per heavy atom.